The maximum absolute atomic E-state index is 6.19. The van der Waals surface area contributed by atoms with Gasteiger partial charge in [0.15, 0.2) is 0 Å². The molecule has 35 heavy (non-hydrogen) atoms. The molecule has 0 bridgehead atoms. The summed E-state index contributed by atoms with van der Waals surface area (Å²) in [5.74, 6) is 0.665. The van der Waals surface area contributed by atoms with Crippen LogP contribution < -0.4 is 9.64 Å². The van der Waals surface area contributed by atoms with Crippen LogP contribution in [-0.2, 0) is 6.42 Å². The van der Waals surface area contributed by atoms with Crippen molar-refractivity contribution in [2.45, 2.75) is 19.4 Å². The average Bonchev–Trinajstić information content (AvgIpc) is 3.23. The van der Waals surface area contributed by atoms with E-state index in [-0.39, 0.29) is 6.04 Å². The molecule has 1 aliphatic heterocycles. The first-order chi connectivity index (χ1) is 17.2. The molecule has 1 aromatic heterocycles. The van der Waals surface area contributed by atoms with Gasteiger partial charge in [0.05, 0.1) is 22.1 Å². The lowest BCUT2D eigenvalue weighted by Crippen LogP contribution is -2.37. The van der Waals surface area contributed by atoms with Crippen LogP contribution in [0.5, 0.6) is 5.75 Å². The van der Waals surface area contributed by atoms with Crippen LogP contribution in [0.2, 0.25) is 0 Å². The molecule has 4 nitrogen and oxygen atoms in total. The number of benzene rings is 5. The highest BCUT2D eigenvalue weighted by molar-refractivity contribution is 7.80. The van der Waals surface area contributed by atoms with Crippen molar-refractivity contribution in [1.82, 2.24) is 9.97 Å². The van der Waals surface area contributed by atoms with Crippen LogP contribution in [0.1, 0.15) is 12.5 Å². The molecule has 0 amide bonds. The number of hydrogen-bond acceptors (Lipinski definition) is 4. The summed E-state index contributed by atoms with van der Waals surface area (Å²) < 4.78 is 6.19. The van der Waals surface area contributed by atoms with Crippen LogP contribution in [0.3, 0.4) is 0 Å². The summed E-state index contributed by atoms with van der Waals surface area (Å²) in [6.45, 7) is 2.17. The Bertz CT molecular complexity index is 1810. The van der Waals surface area contributed by atoms with Crippen molar-refractivity contribution < 1.29 is 4.74 Å². The molecule has 0 N–H and O–H groups in total. The zero-order valence-corrected chi connectivity index (χ0v) is 19.9. The second kappa shape index (κ2) is 7.72. The van der Waals surface area contributed by atoms with Crippen molar-refractivity contribution in [3.8, 4) is 5.75 Å². The molecule has 0 unspecified atom stereocenters. The van der Waals surface area contributed by atoms with Crippen LogP contribution >= 0.6 is 12.2 Å². The second-order valence-electron chi connectivity index (χ2n) is 9.08. The van der Waals surface area contributed by atoms with Gasteiger partial charge in [0.25, 0.3) is 5.17 Å². The van der Waals surface area contributed by atoms with Gasteiger partial charge in [-0.25, -0.2) is 9.97 Å². The van der Waals surface area contributed by atoms with Gasteiger partial charge in [-0.1, -0.05) is 66.7 Å². The highest BCUT2D eigenvalue weighted by atomic mass is 32.1. The normalized spacial score (nSPS) is 15.2. The maximum atomic E-state index is 6.19. The van der Waals surface area contributed by atoms with E-state index >= 15 is 0 Å². The Kier molecular flexibility index (Phi) is 4.48. The molecule has 7 rings (SSSR count). The number of nitrogens with zero attached hydrogens (tertiary/aromatic N) is 3. The molecule has 168 valence electrons. The molecule has 5 aromatic carbocycles. The molecule has 6 aromatic rings. The van der Waals surface area contributed by atoms with Crippen LogP contribution in [0.4, 0.5) is 5.69 Å². The first-order valence-electron chi connectivity index (χ1n) is 11.8. The highest BCUT2D eigenvalue weighted by Gasteiger charge is 2.29. The lowest BCUT2D eigenvalue weighted by molar-refractivity contribution is 0.539. The van der Waals surface area contributed by atoms with E-state index in [1.807, 2.05) is 24.3 Å². The standard InChI is InChI=1S/C30H21N3OS/c1-18-16-19-8-2-7-13-27(19)33(18)30(35)34-20-14-15-25-26(17-20)32-29-24-12-6-4-10-22(24)21-9-3-5-11-23(21)28(29)31-25/h2-15,17-18H,16H2,1H3/t18-/m1/s1. The monoisotopic (exact) mass is 471 g/mol. The summed E-state index contributed by atoms with van der Waals surface area (Å²) in [5.41, 5.74) is 5.84. The fourth-order valence-corrected chi connectivity index (χ4v) is 5.69. The van der Waals surface area contributed by atoms with Crippen LogP contribution in [-0.4, -0.2) is 21.2 Å². The van der Waals surface area contributed by atoms with E-state index in [2.05, 4.69) is 78.6 Å². The van der Waals surface area contributed by atoms with Crippen LogP contribution in [0.25, 0.3) is 43.6 Å². The molecule has 2 heterocycles. The van der Waals surface area contributed by atoms with Gasteiger partial charge >= 0.3 is 0 Å². The minimum atomic E-state index is 0.253. The fraction of sp³-hybridized carbons (Fsp3) is 0.100. The topological polar surface area (TPSA) is 38.2 Å². The number of anilines is 1. The third kappa shape index (κ3) is 3.16. The molecule has 0 saturated heterocycles. The molecular weight excluding hydrogens is 450 g/mol. The minimum Gasteiger partial charge on any atom is -0.431 e. The summed E-state index contributed by atoms with van der Waals surface area (Å²) in [7, 11) is 0. The second-order valence-corrected chi connectivity index (χ2v) is 9.43. The highest BCUT2D eigenvalue weighted by Crippen LogP contribution is 2.35. The predicted octanol–water partition coefficient (Wildman–Crippen LogP) is 7.20. The minimum absolute atomic E-state index is 0.253. The Hall–Kier alpha value is -4.09. The third-order valence-electron chi connectivity index (χ3n) is 6.90. The van der Waals surface area contributed by atoms with Gasteiger partial charge in [-0.05, 0) is 60.1 Å². The quantitative estimate of drug-likeness (QED) is 0.144. The Morgan fingerprint density at radius 1 is 0.771 bits per heavy atom. The van der Waals surface area contributed by atoms with Crippen molar-refractivity contribution in [3.05, 3.63) is 96.6 Å². The fourth-order valence-electron chi connectivity index (χ4n) is 5.32. The van der Waals surface area contributed by atoms with Crippen molar-refractivity contribution in [2.75, 3.05) is 4.90 Å². The molecule has 1 aliphatic rings. The number of hydrogen-bond donors (Lipinski definition) is 0. The van der Waals surface area contributed by atoms with E-state index in [1.165, 1.54) is 16.3 Å². The van der Waals surface area contributed by atoms with E-state index in [0.717, 1.165) is 44.9 Å². The first kappa shape index (κ1) is 20.3. The van der Waals surface area contributed by atoms with E-state index in [9.17, 15) is 0 Å². The summed E-state index contributed by atoms with van der Waals surface area (Å²) >= 11 is 5.73. The maximum Gasteiger partial charge on any atom is 0.269 e. The van der Waals surface area contributed by atoms with Gasteiger partial charge < -0.3 is 4.74 Å². The predicted molar refractivity (Wildman–Crippen MR) is 147 cm³/mol. The van der Waals surface area contributed by atoms with Gasteiger partial charge in [-0.2, -0.15) is 0 Å². The lowest BCUT2D eigenvalue weighted by Gasteiger charge is -2.24. The Balaban J connectivity index is 1.34. The summed E-state index contributed by atoms with van der Waals surface area (Å²) in [6, 6.07) is 31.2. The molecule has 0 fully saturated rings. The van der Waals surface area contributed by atoms with Gasteiger partial charge in [-0.15, -0.1) is 0 Å². The van der Waals surface area contributed by atoms with Crippen molar-refractivity contribution in [2.24, 2.45) is 0 Å². The third-order valence-corrected chi connectivity index (χ3v) is 7.18. The van der Waals surface area contributed by atoms with E-state index in [1.54, 1.807) is 0 Å². The SMILES string of the molecule is C[C@@H]1Cc2ccccc2N1C(=S)Oc1ccc2nc3c4ccccc4c4ccccc4c3nc2c1. The number of para-hydroxylation sites is 1. The molecule has 5 heteroatoms. The number of fused-ring (bicyclic) bond motifs is 8. The largest absolute Gasteiger partial charge is 0.431 e. The molecule has 0 aliphatic carbocycles. The van der Waals surface area contributed by atoms with Gasteiger partial charge in [0, 0.05) is 28.6 Å². The van der Waals surface area contributed by atoms with Gasteiger partial charge in [-0.3, -0.25) is 4.90 Å². The Morgan fingerprint density at radius 3 is 2.09 bits per heavy atom. The smallest absolute Gasteiger partial charge is 0.269 e. The van der Waals surface area contributed by atoms with Crippen molar-refractivity contribution in [3.63, 3.8) is 0 Å². The molecular formula is C30H21N3OS. The van der Waals surface area contributed by atoms with E-state index < -0.39 is 0 Å². The van der Waals surface area contributed by atoms with Crippen LogP contribution in [0, 0.1) is 0 Å². The molecule has 0 radical (unpaired) electrons. The van der Waals surface area contributed by atoms with Crippen molar-refractivity contribution in [1.29, 1.82) is 0 Å². The number of rotatable bonds is 1. The first-order valence-corrected chi connectivity index (χ1v) is 12.2. The van der Waals surface area contributed by atoms with Crippen molar-refractivity contribution >= 4 is 66.7 Å². The average molecular weight is 472 g/mol. The molecule has 0 spiro atoms. The number of ether oxygens (including phenoxy) is 1. The lowest BCUT2D eigenvalue weighted by atomic mass is 9.99. The van der Waals surface area contributed by atoms with Gasteiger partial charge in [0.1, 0.15) is 5.75 Å². The van der Waals surface area contributed by atoms with E-state index in [0.29, 0.717) is 10.9 Å². The molecule has 1 atom stereocenters. The zero-order chi connectivity index (χ0) is 23.5. The number of aromatic nitrogens is 2. The van der Waals surface area contributed by atoms with Gasteiger partial charge in [0.2, 0.25) is 0 Å². The van der Waals surface area contributed by atoms with Crippen LogP contribution in [0.15, 0.2) is 91.0 Å². The molecule has 0 saturated carbocycles. The Morgan fingerprint density at radius 2 is 1.37 bits per heavy atom. The summed E-state index contributed by atoms with van der Waals surface area (Å²) in [6.07, 6.45) is 0.954. The summed E-state index contributed by atoms with van der Waals surface area (Å²) in [4.78, 5) is 12.2. The number of thiocarbonyl (C=S) groups is 1. The van der Waals surface area contributed by atoms with E-state index in [4.69, 9.17) is 26.9 Å². The Labute approximate surface area is 207 Å². The summed E-state index contributed by atoms with van der Waals surface area (Å²) in [5, 5.41) is 5.03. The zero-order valence-electron chi connectivity index (χ0n) is 19.1.